The molecular formula is C21H25FN8O. The highest BCUT2D eigenvalue weighted by atomic mass is 19.1. The first-order chi connectivity index (χ1) is 14.9. The van der Waals surface area contributed by atoms with Crippen molar-refractivity contribution in [2.75, 3.05) is 19.4 Å². The van der Waals surface area contributed by atoms with Crippen LogP contribution in [0.2, 0.25) is 0 Å². The Bertz CT molecular complexity index is 1140. The number of anilines is 1. The Balaban J connectivity index is 1.62. The number of aryl methyl sites for hydroxylation is 1. The summed E-state index contributed by atoms with van der Waals surface area (Å²) in [6, 6.07) is 0.171. The molecule has 2 aliphatic heterocycles. The van der Waals surface area contributed by atoms with Crippen molar-refractivity contribution >= 4 is 16.9 Å². The zero-order chi connectivity index (χ0) is 22.1. The Hall–Kier alpha value is -3.58. The number of allylic oxidation sites excluding steroid dienone is 2. The molecule has 3 N–H and O–H groups in total. The molecule has 9 nitrogen and oxygen atoms in total. The normalized spacial score (nSPS) is 20.9. The Morgan fingerprint density at radius 2 is 2.23 bits per heavy atom. The molecule has 2 atom stereocenters. The molecule has 2 aliphatic rings. The van der Waals surface area contributed by atoms with Crippen molar-refractivity contribution in [2.45, 2.75) is 39.2 Å². The summed E-state index contributed by atoms with van der Waals surface area (Å²) in [6.07, 6.45) is 4.23. The van der Waals surface area contributed by atoms with Gasteiger partial charge < -0.3 is 16.0 Å². The van der Waals surface area contributed by atoms with E-state index < -0.39 is 6.30 Å². The van der Waals surface area contributed by atoms with Crippen LogP contribution in [0.4, 0.5) is 10.2 Å². The summed E-state index contributed by atoms with van der Waals surface area (Å²) in [7, 11) is 1.64. The van der Waals surface area contributed by atoms with Crippen LogP contribution in [0.1, 0.15) is 26.0 Å². The maximum Gasteiger partial charge on any atom is 0.212 e. The highest BCUT2D eigenvalue weighted by Crippen LogP contribution is 2.24. The molecule has 162 valence electrons. The number of nitrogens with two attached hydrogens (primary N) is 1. The van der Waals surface area contributed by atoms with E-state index in [0.717, 1.165) is 6.42 Å². The van der Waals surface area contributed by atoms with Gasteiger partial charge in [-0.05, 0) is 32.3 Å². The molecule has 0 radical (unpaired) electrons. The van der Waals surface area contributed by atoms with Gasteiger partial charge in [-0.3, -0.25) is 4.84 Å². The van der Waals surface area contributed by atoms with E-state index in [4.69, 9.17) is 10.6 Å². The van der Waals surface area contributed by atoms with Gasteiger partial charge in [-0.2, -0.15) is 5.10 Å². The fraction of sp³-hybridized carbons (Fsp3) is 0.381. The summed E-state index contributed by atoms with van der Waals surface area (Å²) in [5.74, 6) is 6.89. The molecule has 2 aromatic rings. The Kier molecular flexibility index (Phi) is 5.52. The maximum atomic E-state index is 14.8. The van der Waals surface area contributed by atoms with Crippen LogP contribution in [0.3, 0.4) is 0 Å². The number of halogens is 1. The number of hydrogen-bond donors (Lipinski definition) is 2. The largest absolute Gasteiger partial charge is 0.383 e. The van der Waals surface area contributed by atoms with Gasteiger partial charge in [-0.1, -0.05) is 12.5 Å². The first kappa shape index (κ1) is 20.7. The minimum absolute atomic E-state index is 0.171. The van der Waals surface area contributed by atoms with Crippen LogP contribution in [-0.4, -0.2) is 55.7 Å². The van der Waals surface area contributed by atoms with Crippen LogP contribution in [0.5, 0.6) is 0 Å². The van der Waals surface area contributed by atoms with Gasteiger partial charge in [-0.25, -0.2) is 24.1 Å². The Morgan fingerprint density at radius 3 is 2.94 bits per heavy atom. The monoisotopic (exact) mass is 424 g/mol. The highest BCUT2D eigenvalue weighted by molar-refractivity contribution is 5.90. The number of fused-ring (bicyclic) bond motifs is 1. The van der Waals surface area contributed by atoms with Crippen molar-refractivity contribution < 1.29 is 9.23 Å². The molecule has 1 saturated heterocycles. The van der Waals surface area contributed by atoms with E-state index in [-0.39, 0.29) is 6.04 Å². The van der Waals surface area contributed by atoms with Crippen LogP contribution in [0, 0.1) is 11.8 Å². The molecule has 2 aromatic heterocycles. The number of likely N-dealkylation sites (N-methyl/N-ethyl adjacent to an activating group) is 1. The fourth-order valence-electron chi connectivity index (χ4n) is 3.54. The number of rotatable bonds is 4. The number of nitrogens with one attached hydrogen (secondary N) is 1. The third-order valence-electron chi connectivity index (χ3n) is 5.17. The summed E-state index contributed by atoms with van der Waals surface area (Å²) in [4.78, 5) is 15.3. The van der Waals surface area contributed by atoms with Crippen molar-refractivity contribution in [2.24, 2.45) is 0 Å². The van der Waals surface area contributed by atoms with Gasteiger partial charge in [0.2, 0.25) is 6.30 Å². The average molecular weight is 424 g/mol. The molecule has 4 rings (SSSR count). The summed E-state index contributed by atoms with van der Waals surface area (Å²) in [5, 5.41) is 9.80. The topological polar surface area (TPSA) is 97.4 Å². The second-order valence-electron chi connectivity index (χ2n) is 7.43. The minimum atomic E-state index is -1.36. The predicted molar refractivity (Wildman–Crippen MR) is 115 cm³/mol. The van der Waals surface area contributed by atoms with Crippen LogP contribution in [-0.2, 0) is 11.4 Å². The van der Waals surface area contributed by atoms with Crippen LogP contribution < -0.4 is 11.1 Å². The van der Waals surface area contributed by atoms with Gasteiger partial charge in [0.05, 0.1) is 23.7 Å². The second kappa shape index (κ2) is 8.28. The molecular weight excluding hydrogens is 399 g/mol. The number of nitrogen functional groups attached to an aromatic ring is 1. The number of alkyl halides is 1. The van der Waals surface area contributed by atoms with Crippen LogP contribution >= 0.6 is 0 Å². The number of hydrogen-bond acceptors (Lipinski definition) is 8. The zero-order valence-corrected chi connectivity index (χ0v) is 17.8. The lowest BCUT2D eigenvalue weighted by Gasteiger charge is -2.30. The van der Waals surface area contributed by atoms with Crippen molar-refractivity contribution in [3.8, 4) is 11.8 Å². The highest BCUT2D eigenvalue weighted by Gasteiger charge is 2.27. The van der Waals surface area contributed by atoms with Crippen molar-refractivity contribution in [3.63, 3.8) is 0 Å². The third-order valence-corrected chi connectivity index (χ3v) is 5.17. The molecule has 0 bridgehead atoms. The lowest BCUT2D eigenvalue weighted by molar-refractivity contribution is -0.102. The molecule has 10 heteroatoms. The maximum absolute atomic E-state index is 14.8. The third kappa shape index (κ3) is 3.92. The van der Waals surface area contributed by atoms with Crippen molar-refractivity contribution in [1.82, 2.24) is 35.0 Å². The predicted octanol–water partition coefficient (Wildman–Crippen LogP) is 1.88. The Morgan fingerprint density at radius 1 is 1.42 bits per heavy atom. The molecule has 0 aromatic carbocycles. The van der Waals surface area contributed by atoms with E-state index in [2.05, 4.69) is 38.8 Å². The summed E-state index contributed by atoms with van der Waals surface area (Å²) in [5.41, 5.74) is 8.08. The SMILES string of the molecule is C=C(NC1=CC(C#Cc2nn(CC)c3ncnc(N)c23)=CN(C)C1F)N1OCC[C@@H]1C. The van der Waals surface area contributed by atoms with Crippen LogP contribution in [0.25, 0.3) is 11.0 Å². The van der Waals surface area contributed by atoms with Gasteiger partial charge in [0.1, 0.15) is 23.7 Å². The minimum Gasteiger partial charge on any atom is -0.383 e. The summed E-state index contributed by atoms with van der Waals surface area (Å²) < 4.78 is 16.5. The number of hydroxylamine groups is 2. The first-order valence-electron chi connectivity index (χ1n) is 10.1. The number of aromatic nitrogens is 4. The molecule has 1 unspecified atom stereocenters. The van der Waals surface area contributed by atoms with E-state index in [1.807, 2.05) is 13.8 Å². The fourth-order valence-corrected chi connectivity index (χ4v) is 3.54. The molecule has 0 amide bonds. The summed E-state index contributed by atoms with van der Waals surface area (Å²) in [6.45, 7) is 9.20. The molecule has 0 saturated carbocycles. The zero-order valence-electron chi connectivity index (χ0n) is 17.8. The van der Waals surface area contributed by atoms with Crippen LogP contribution in [0.15, 0.2) is 42.3 Å². The van der Waals surface area contributed by atoms with E-state index in [9.17, 15) is 4.39 Å². The smallest absolute Gasteiger partial charge is 0.212 e. The number of nitrogens with zero attached hydrogens (tertiary/aromatic N) is 6. The van der Waals surface area contributed by atoms with Crippen molar-refractivity contribution in [1.29, 1.82) is 0 Å². The average Bonchev–Trinajstić information content (AvgIpc) is 3.34. The van der Waals surface area contributed by atoms with Gasteiger partial charge in [0.15, 0.2) is 5.65 Å². The first-order valence-corrected chi connectivity index (χ1v) is 10.1. The van der Waals surface area contributed by atoms with E-state index in [1.54, 1.807) is 29.1 Å². The van der Waals surface area contributed by atoms with Gasteiger partial charge in [0, 0.05) is 25.4 Å². The lowest BCUT2D eigenvalue weighted by atomic mass is 10.1. The molecule has 4 heterocycles. The van der Waals surface area contributed by atoms with E-state index in [0.29, 0.717) is 52.8 Å². The molecule has 0 aliphatic carbocycles. The van der Waals surface area contributed by atoms with Gasteiger partial charge in [-0.15, -0.1) is 0 Å². The van der Waals surface area contributed by atoms with Gasteiger partial charge >= 0.3 is 0 Å². The lowest BCUT2D eigenvalue weighted by Crippen LogP contribution is -2.38. The quantitative estimate of drug-likeness (QED) is 0.567. The van der Waals surface area contributed by atoms with Crippen molar-refractivity contribution in [3.05, 3.63) is 48.0 Å². The van der Waals surface area contributed by atoms with Gasteiger partial charge in [0.25, 0.3) is 0 Å². The molecule has 0 spiro atoms. The van der Waals surface area contributed by atoms with E-state index >= 15 is 0 Å². The standard InChI is InChI=1S/C21H25FN8O/c1-5-29-21-18(20(23)24-12-25-21)16(27-29)7-6-15-10-17(19(22)28(4)11-15)26-14(3)30-13(2)8-9-31-30/h10-13,19,26H,3,5,8-9H2,1-2,4H3,(H2,23,24,25)/t13-,19?/m0/s1. The summed E-state index contributed by atoms with van der Waals surface area (Å²) >= 11 is 0. The Labute approximate surface area is 180 Å². The van der Waals surface area contributed by atoms with E-state index in [1.165, 1.54) is 11.2 Å². The second-order valence-corrected chi connectivity index (χ2v) is 7.43. The molecule has 1 fully saturated rings. The molecule has 31 heavy (non-hydrogen) atoms.